The summed E-state index contributed by atoms with van der Waals surface area (Å²) in [5.74, 6) is -2.23. The second kappa shape index (κ2) is 4.82. The van der Waals surface area contributed by atoms with Gasteiger partial charge in [-0.25, -0.2) is 4.79 Å². The third-order valence-electron chi connectivity index (χ3n) is 3.99. The minimum absolute atomic E-state index is 0.112. The lowest BCUT2D eigenvalue weighted by atomic mass is 9.96. The number of ether oxygens (including phenoxy) is 3. The quantitative estimate of drug-likeness (QED) is 0.763. The number of methoxy groups -OCH3 is 1. The highest BCUT2D eigenvalue weighted by Crippen LogP contribution is 2.45. The van der Waals surface area contributed by atoms with E-state index in [0.29, 0.717) is 18.9 Å². The van der Waals surface area contributed by atoms with Crippen LogP contribution in [0.3, 0.4) is 0 Å². The topological polar surface area (TPSA) is 65.1 Å². The van der Waals surface area contributed by atoms with Gasteiger partial charge in [0.1, 0.15) is 5.54 Å². The SMILES string of the molecule is COC(=O)C1(C)CC2(OCCO2)C(=O)N1c1ccccc1. The lowest BCUT2D eigenvalue weighted by molar-refractivity contribution is -0.175. The summed E-state index contributed by atoms with van der Waals surface area (Å²) < 4.78 is 16.0. The van der Waals surface area contributed by atoms with Crippen LogP contribution in [0.4, 0.5) is 5.69 Å². The van der Waals surface area contributed by atoms with E-state index in [-0.39, 0.29) is 12.3 Å². The fourth-order valence-electron chi connectivity index (χ4n) is 3.05. The Balaban J connectivity index is 2.09. The molecule has 1 amide bonds. The Morgan fingerprint density at radius 3 is 2.43 bits per heavy atom. The van der Waals surface area contributed by atoms with Crippen molar-refractivity contribution < 1.29 is 23.8 Å². The fourth-order valence-corrected chi connectivity index (χ4v) is 3.05. The summed E-state index contributed by atoms with van der Waals surface area (Å²) in [5, 5.41) is 0. The Labute approximate surface area is 122 Å². The molecule has 1 aromatic rings. The number of hydrogen-bond donors (Lipinski definition) is 0. The van der Waals surface area contributed by atoms with Gasteiger partial charge in [0.25, 0.3) is 11.7 Å². The Morgan fingerprint density at radius 2 is 1.86 bits per heavy atom. The van der Waals surface area contributed by atoms with E-state index in [9.17, 15) is 9.59 Å². The van der Waals surface area contributed by atoms with E-state index in [2.05, 4.69) is 0 Å². The fraction of sp³-hybridized carbons (Fsp3) is 0.467. The molecule has 6 heteroatoms. The maximum absolute atomic E-state index is 12.8. The molecule has 112 valence electrons. The van der Waals surface area contributed by atoms with Crippen LogP contribution in [0.1, 0.15) is 13.3 Å². The molecule has 0 aliphatic carbocycles. The first-order valence-electron chi connectivity index (χ1n) is 6.79. The lowest BCUT2D eigenvalue weighted by Crippen LogP contribution is -2.50. The summed E-state index contributed by atoms with van der Waals surface area (Å²) in [4.78, 5) is 26.5. The molecule has 21 heavy (non-hydrogen) atoms. The maximum Gasteiger partial charge on any atom is 0.332 e. The van der Waals surface area contributed by atoms with Gasteiger partial charge in [0, 0.05) is 12.1 Å². The monoisotopic (exact) mass is 291 g/mol. The van der Waals surface area contributed by atoms with Gasteiger partial charge >= 0.3 is 5.97 Å². The van der Waals surface area contributed by atoms with Crippen molar-refractivity contribution in [2.75, 3.05) is 25.2 Å². The third-order valence-corrected chi connectivity index (χ3v) is 3.99. The summed E-state index contributed by atoms with van der Waals surface area (Å²) in [7, 11) is 1.31. The molecular weight excluding hydrogens is 274 g/mol. The van der Waals surface area contributed by atoms with Gasteiger partial charge in [0.15, 0.2) is 0 Å². The number of carbonyl (C=O) groups excluding carboxylic acids is 2. The summed E-state index contributed by atoms with van der Waals surface area (Å²) in [6.07, 6.45) is 0.112. The Hall–Kier alpha value is -1.92. The van der Waals surface area contributed by atoms with Crippen LogP contribution in [-0.2, 0) is 23.8 Å². The van der Waals surface area contributed by atoms with Gasteiger partial charge in [-0.1, -0.05) is 18.2 Å². The normalized spacial score (nSPS) is 27.3. The molecule has 6 nitrogen and oxygen atoms in total. The smallest absolute Gasteiger partial charge is 0.332 e. The molecule has 0 bridgehead atoms. The Kier molecular flexibility index (Phi) is 3.22. The number of benzene rings is 1. The van der Waals surface area contributed by atoms with Gasteiger partial charge in [0.05, 0.1) is 20.3 Å². The van der Waals surface area contributed by atoms with Crippen molar-refractivity contribution in [1.82, 2.24) is 0 Å². The largest absolute Gasteiger partial charge is 0.467 e. The molecule has 0 N–H and O–H groups in total. The first kappa shape index (κ1) is 14.0. The van der Waals surface area contributed by atoms with Gasteiger partial charge in [-0.3, -0.25) is 9.69 Å². The molecule has 0 saturated carbocycles. The number of para-hydroxylation sites is 1. The zero-order valence-electron chi connectivity index (χ0n) is 12.0. The summed E-state index contributed by atoms with van der Waals surface area (Å²) in [5.41, 5.74) is -0.538. The number of hydrogen-bond acceptors (Lipinski definition) is 5. The first-order chi connectivity index (χ1) is 10.0. The molecular formula is C15H17NO5. The average Bonchev–Trinajstić information content (AvgIpc) is 3.04. The van der Waals surface area contributed by atoms with E-state index in [1.54, 1.807) is 19.1 Å². The number of anilines is 1. The van der Waals surface area contributed by atoms with Crippen LogP contribution in [0.25, 0.3) is 0 Å². The summed E-state index contributed by atoms with van der Waals surface area (Å²) in [6.45, 7) is 2.35. The minimum atomic E-state index is -1.38. The predicted molar refractivity (Wildman–Crippen MR) is 73.6 cm³/mol. The van der Waals surface area contributed by atoms with Crippen molar-refractivity contribution in [3.05, 3.63) is 30.3 Å². The van der Waals surface area contributed by atoms with Crippen molar-refractivity contribution in [2.24, 2.45) is 0 Å². The minimum Gasteiger partial charge on any atom is -0.467 e. The van der Waals surface area contributed by atoms with Gasteiger partial charge in [-0.2, -0.15) is 0 Å². The van der Waals surface area contributed by atoms with E-state index in [1.165, 1.54) is 12.0 Å². The zero-order valence-corrected chi connectivity index (χ0v) is 12.0. The van der Waals surface area contributed by atoms with Gasteiger partial charge < -0.3 is 14.2 Å². The molecule has 2 heterocycles. The van der Waals surface area contributed by atoms with E-state index in [0.717, 1.165) is 0 Å². The second-order valence-corrected chi connectivity index (χ2v) is 5.37. The first-order valence-corrected chi connectivity index (χ1v) is 6.79. The highest BCUT2D eigenvalue weighted by Gasteiger charge is 2.65. The van der Waals surface area contributed by atoms with Crippen LogP contribution in [0.15, 0.2) is 30.3 Å². The molecule has 0 radical (unpaired) electrons. The molecule has 3 rings (SSSR count). The van der Waals surface area contributed by atoms with Crippen LogP contribution in [0.5, 0.6) is 0 Å². The van der Waals surface area contributed by atoms with Crippen molar-refractivity contribution in [3.8, 4) is 0 Å². The van der Waals surface area contributed by atoms with Crippen molar-refractivity contribution in [2.45, 2.75) is 24.7 Å². The van der Waals surface area contributed by atoms with Gasteiger partial charge in [-0.15, -0.1) is 0 Å². The highest BCUT2D eigenvalue weighted by atomic mass is 16.7. The molecule has 2 fully saturated rings. The molecule has 0 aromatic heterocycles. The second-order valence-electron chi connectivity index (χ2n) is 5.37. The number of nitrogens with zero attached hydrogens (tertiary/aromatic N) is 1. The Morgan fingerprint density at radius 1 is 1.24 bits per heavy atom. The van der Waals surface area contributed by atoms with E-state index in [1.807, 2.05) is 18.2 Å². The summed E-state index contributed by atoms with van der Waals surface area (Å²) >= 11 is 0. The molecule has 2 saturated heterocycles. The average molecular weight is 291 g/mol. The molecule has 1 spiro atoms. The van der Waals surface area contributed by atoms with E-state index < -0.39 is 17.3 Å². The van der Waals surface area contributed by atoms with E-state index in [4.69, 9.17) is 14.2 Å². The summed E-state index contributed by atoms with van der Waals surface area (Å²) in [6, 6.07) is 9.00. The zero-order chi connectivity index (χ0) is 15.1. The maximum atomic E-state index is 12.8. The van der Waals surface area contributed by atoms with Crippen molar-refractivity contribution in [1.29, 1.82) is 0 Å². The molecule has 2 aliphatic heterocycles. The number of esters is 1. The van der Waals surface area contributed by atoms with Crippen LogP contribution >= 0.6 is 0 Å². The number of amides is 1. The van der Waals surface area contributed by atoms with Gasteiger partial charge in [0.2, 0.25) is 0 Å². The van der Waals surface area contributed by atoms with Crippen LogP contribution in [0.2, 0.25) is 0 Å². The van der Waals surface area contributed by atoms with Crippen molar-refractivity contribution >= 4 is 17.6 Å². The highest BCUT2D eigenvalue weighted by molar-refractivity contribution is 6.09. The molecule has 2 aliphatic rings. The van der Waals surface area contributed by atoms with Crippen LogP contribution in [0, 0.1) is 0 Å². The third kappa shape index (κ3) is 1.94. The molecule has 1 unspecified atom stereocenters. The lowest BCUT2D eigenvalue weighted by Gasteiger charge is -2.31. The standard InChI is InChI=1S/C15H17NO5/c1-14(13(18)19-2)10-15(20-8-9-21-15)12(17)16(14)11-6-4-3-5-7-11/h3-7H,8-10H2,1-2H3. The number of rotatable bonds is 2. The van der Waals surface area contributed by atoms with Crippen molar-refractivity contribution in [3.63, 3.8) is 0 Å². The van der Waals surface area contributed by atoms with Gasteiger partial charge in [-0.05, 0) is 19.1 Å². The van der Waals surface area contributed by atoms with Crippen LogP contribution < -0.4 is 4.90 Å². The Bertz CT molecular complexity index is 567. The van der Waals surface area contributed by atoms with Crippen LogP contribution in [-0.4, -0.2) is 43.5 Å². The number of carbonyl (C=O) groups is 2. The van der Waals surface area contributed by atoms with E-state index >= 15 is 0 Å². The molecule has 1 atom stereocenters. The molecule has 1 aromatic carbocycles. The predicted octanol–water partition coefficient (Wildman–Crippen LogP) is 1.10.